The molecule has 1 aliphatic heterocycles. The Balaban J connectivity index is 1.36. The molecule has 1 atom stereocenters. The van der Waals surface area contributed by atoms with Crippen LogP contribution in [0.5, 0.6) is 0 Å². The van der Waals surface area contributed by atoms with Gasteiger partial charge >= 0.3 is 0 Å². The zero-order valence-corrected chi connectivity index (χ0v) is 21.2. The number of hydrogen-bond acceptors (Lipinski definition) is 4. The number of rotatable bonds is 8. The minimum atomic E-state index is -3.62. The van der Waals surface area contributed by atoms with Gasteiger partial charge in [0.05, 0.1) is 16.6 Å². The predicted molar refractivity (Wildman–Crippen MR) is 139 cm³/mol. The van der Waals surface area contributed by atoms with Gasteiger partial charge < -0.3 is 5.32 Å². The number of thioether (sulfide) groups is 1. The zero-order valence-electron chi connectivity index (χ0n) is 19.5. The van der Waals surface area contributed by atoms with Crippen LogP contribution in [0.4, 0.5) is 5.69 Å². The molecule has 0 aliphatic carbocycles. The highest BCUT2D eigenvalue weighted by molar-refractivity contribution is 7.98. The molecule has 0 aromatic heterocycles. The third-order valence-corrected chi connectivity index (χ3v) is 8.78. The maximum Gasteiger partial charge on any atom is 0.264 e. The molecule has 3 aromatic carbocycles. The van der Waals surface area contributed by atoms with Gasteiger partial charge in [-0.2, -0.15) is 0 Å². The highest BCUT2D eigenvalue weighted by Gasteiger charge is 2.28. The van der Waals surface area contributed by atoms with Crippen LogP contribution in [-0.4, -0.2) is 27.1 Å². The molecular formula is C27H30N2O3S2. The third kappa shape index (κ3) is 5.47. The number of aryl methyl sites for hydroxylation is 2. The number of amides is 1. The van der Waals surface area contributed by atoms with E-state index >= 15 is 0 Å². The number of hydrogen-bond donors (Lipinski definition) is 1. The van der Waals surface area contributed by atoms with E-state index in [1.807, 2.05) is 49.6 Å². The smallest absolute Gasteiger partial charge is 0.264 e. The average Bonchev–Trinajstić information content (AvgIpc) is 2.87. The normalized spacial score (nSPS) is 14.4. The Morgan fingerprint density at radius 2 is 1.74 bits per heavy atom. The van der Waals surface area contributed by atoms with E-state index in [0.29, 0.717) is 19.4 Å². The molecule has 1 aliphatic rings. The molecule has 1 heterocycles. The summed E-state index contributed by atoms with van der Waals surface area (Å²) in [5.41, 5.74) is 3.84. The first-order valence-electron chi connectivity index (χ1n) is 11.5. The fraction of sp³-hybridized carbons (Fsp3) is 0.296. The summed E-state index contributed by atoms with van der Waals surface area (Å²) in [4.78, 5) is 13.9. The Hall–Kier alpha value is -2.77. The lowest BCUT2D eigenvalue weighted by Gasteiger charge is -2.30. The van der Waals surface area contributed by atoms with Gasteiger partial charge in [-0.1, -0.05) is 42.5 Å². The van der Waals surface area contributed by atoms with Crippen LogP contribution in [0.3, 0.4) is 0 Å². The molecule has 0 saturated heterocycles. The molecule has 0 fully saturated rings. The van der Waals surface area contributed by atoms with Crippen molar-refractivity contribution in [1.29, 1.82) is 0 Å². The number of carbonyl (C=O) groups is 1. The van der Waals surface area contributed by atoms with Crippen LogP contribution in [0, 0.1) is 0 Å². The molecule has 0 saturated carbocycles. The second kappa shape index (κ2) is 10.7. The molecule has 4 rings (SSSR count). The van der Waals surface area contributed by atoms with E-state index in [1.165, 1.54) is 9.20 Å². The van der Waals surface area contributed by atoms with Crippen LogP contribution in [-0.2, 0) is 27.7 Å². The molecule has 0 spiro atoms. The van der Waals surface area contributed by atoms with Crippen LogP contribution in [0.25, 0.3) is 0 Å². The van der Waals surface area contributed by atoms with Gasteiger partial charge in [-0.15, -0.1) is 11.8 Å². The maximum absolute atomic E-state index is 13.3. The largest absolute Gasteiger partial charge is 0.350 e. The highest BCUT2D eigenvalue weighted by Crippen LogP contribution is 2.31. The predicted octanol–water partition coefficient (Wildman–Crippen LogP) is 5.36. The van der Waals surface area contributed by atoms with Crippen molar-refractivity contribution in [1.82, 2.24) is 5.32 Å². The molecule has 34 heavy (non-hydrogen) atoms. The Morgan fingerprint density at radius 1 is 1.03 bits per heavy atom. The summed E-state index contributed by atoms with van der Waals surface area (Å²) in [7, 11) is -3.62. The minimum Gasteiger partial charge on any atom is -0.350 e. The standard InChI is InChI=1S/C27H30N2O3S2/c1-20(22-12-14-24(33-2)15-13-22)28-27(30)18-11-21-9-16-25(17-10-21)34(31,32)29-19-5-7-23-6-3-4-8-26(23)29/h3-4,6,8-10,12-17,20H,5,7,11,18-19H2,1-2H3,(H,28,30)/t20-/m0/s1. The van der Waals surface area contributed by atoms with Gasteiger partial charge in [-0.25, -0.2) is 8.42 Å². The quantitative estimate of drug-likeness (QED) is 0.428. The number of nitrogens with one attached hydrogen (secondary N) is 1. The number of nitrogens with zero attached hydrogens (tertiary/aromatic N) is 1. The number of benzene rings is 3. The number of carbonyl (C=O) groups excluding carboxylic acids is 1. The summed E-state index contributed by atoms with van der Waals surface area (Å²) in [6.07, 6.45) is 4.64. The third-order valence-electron chi connectivity index (χ3n) is 6.21. The lowest BCUT2D eigenvalue weighted by atomic mass is 10.0. The van der Waals surface area contributed by atoms with Gasteiger partial charge in [0.2, 0.25) is 5.91 Å². The van der Waals surface area contributed by atoms with Crippen LogP contribution in [0.1, 0.15) is 42.5 Å². The van der Waals surface area contributed by atoms with Gasteiger partial charge in [-0.05, 0) is 79.5 Å². The second-order valence-corrected chi connectivity index (χ2v) is 11.3. The van der Waals surface area contributed by atoms with E-state index in [1.54, 1.807) is 36.0 Å². The number of anilines is 1. The minimum absolute atomic E-state index is 0.0249. The first-order valence-corrected chi connectivity index (χ1v) is 14.2. The van der Waals surface area contributed by atoms with Gasteiger partial charge in [-0.3, -0.25) is 9.10 Å². The van der Waals surface area contributed by atoms with Gasteiger partial charge in [0.1, 0.15) is 0 Å². The van der Waals surface area contributed by atoms with Crippen molar-refractivity contribution in [2.75, 3.05) is 17.1 Å². The molecule has 178 valence electrons. The number of fused-ring (bicyclic) bond motifs is 1. The fourth-order valence-corrected chi connectivity index (χ4v) is 6.20. The molecule has 1 N–H and O–H groups in total. The summed E-state index contributed by atoms with van der Waals surface area (Å²) in [5, 5.41) is 3.04. The van der Waals surface area contributed by atoms with Crippen molar-refractivity contribution < 1.29 is 13.2 Å². The summed E-state index contributed by atoms with van der Waals surface area (Å²) in [6, 6.07) is 22.7. The van der Waals surface area contributed by atoms with Crippen molar-refractivity contribution in [2.45, 2.75) is 48.4 Å². The summed E-state index contributed by atoms with van der Waals surface area (Å²) >= 11 is 1.69. The molecule has 1 amide bonds. The molecule has 7 heteroatoms. The molecule has 3 aromatic rings. The highest BCUT2D eigenvalue weighted by atomic mass is 32.2. The van der Waals surface area contributed by atoms with Crippen molar-refractivity contribution in [3.8, 4) is 0 Å². The summed E-state index contributed by atoms with van der Waals surface area (Å²) < 4.78 is 28.1. The lowest BCUT2D eigenvalue weighted by Crippen LogP contribution is -2.35. The Morgan fingerprint density at radius 3 is 2.44 bits per heavy atom. The summed E-state index contributed by atoms with van der Waals surface area (Å²) in [5.74, 6) is -0.0249. The SMILES string of the molecule is CSc1ccc([C@H](C)NC(=O)CCc2ccc(S(=O)(=O)N3CCCc4ccccc43)cc2)cc1. The van der Waals surface area contributed by atoms with E-state index in [2.05, 4.69) is 17.4 Å². The van der Waals surface area contributed by atoms with Crippen LogP contribution in [0.15, 0.2) is 82.6 Å². The molecule has 5 nitrogen and oxygen atoms in total. The zero-order chi connectivity index (χ0) is 24.1. The molecule has 0 bridgehead atoms. The first kappa shape index (κ1) is 24.4. The van der Waals surface area contributed by atoms with Gasteiger partial charge in [0, 0.05) is 17.9 Å². The van der Waals surface area contributed by atoms with E-state index in [4.69, 9.17) is 0 Å². The van der Waals surface area contributed by atoms with E-state index in [9.17, 15) is 13.2 Å². The Bertz CT molecular complexity index is 1240. The topological polar surface area (TPSA) is 66.5 Å². The van der Waals surface area contributed by atoms with Crippen molar-refractivity contribution >= 4 is 33.4 Å². The molecular weight excluding hydrogens is 464 g/mol. The molecule has 0 unspecified atom stereocenters. The Kier molecular flexibility index (Phi) is 7.63. The van der Waals surface area contributed by atoms with Gasteiger partial charge in [0.25, 0.3) is 10.0 Å². The Labute approximate surface area is 206 Å². The lowest BCUT2D eigenvalue weighted by molar-refractivity contribution is -0.121. The number of para-hydroxylation sites is 1. The van der Waals surface area contributed by atoms with Crippen LogP contribution in [0.2, 0.25) is 0 Å². The first-order chi connectivity index (χ1) is 16.4. The van der Waals surface area contributed by atoms with E-state index < -0.39 is 10.0 Å². The van der Waals surface area contributed by atoms with Crippen LogP contribution < -0.4 is 9.62 Å². The average molecular weight is 495 g/mol. The molecule has 0 radical (unpaired) electrons. The van der Waals surface area contributed by atoms with Gasteiger partial charge in [0.15, 0.2) is 0 Å². The van der Waals surface area contributed by atoms with Crippen molar-refractivity contribution in [3.63, 3.8) is 0 Å². The van der Waals surface area contributed by atoms with Crippen molar-refractivity contribution in [2.24, 2.45) is 0 Å². The fourth-order valence-electron chi connectivity index (χ4n) is 4.25. The van der Waals surface area contributed by atoms with E-state index in [0.717, 1.165) is 35.2 Å². The monoisotopic (exact) mass is 494 g/mol. The summed E-state index contributed by atoms with van der Waals surface area (Å²) in [6.45, 7) is 2.46. The maximum atomic E-state index is 13.3. The van der Waals surface area contributed by atoms with Crippen LogP contribution >= 0.6 is 11.8 Å². The second-order valence-electron chi connectivity index (χ2n) is 8.52. The van der Waals surface area contributed by atoms with E-state index in [-0.39, 0.29) is 16.8 Å². The van der Waals surface area contributed by atoms with Crippen molar-refractivity contribution in [3.05, 3.63) is 89.5 Å². The number of sulfonamides is 1.